The molecule has 0 bridgehead atoms. The van der Waals surface area contributed by atoms with Gasteiger partial charge in [-0.15, -0.1) is 11.8 Å². The molecule has 0 saturated carbocycles. The van der Waals surface area contributed by atoms with E-state index in [9.17, 15) is 0 Å². The van der Waals surface area contributed by atoms with Crippen molar-refractivity contribution in [2.45, 2.75) is 44.8 Å². The third kappa shape index (κ3) is 4.74. The fourth-order valence-electron chi connectivity index (χ4n) is 2.04. The summed E-state index contributed by atoms with van der Waals surface area (Å²) in [5.74, 6) is 2.62. The number of aryl methyl sites for hydroxylation is 3. The van der Waals surface area contributed by atoms with Crippen molar-refractivity contribution in [3.63, 3.8) is 0 Å². The molecule has 0 saturated heterocycles. The molecule has 1 N–H and O–H groups in total. The lowest BCUT2D eigenvalue weighted by Crippen LogP contribution is -2.05. The van der Waals surface area contributed by atoms with Crippen LogP contribution in [0.15, 0.2) is 29.2 Å². The van der Waals surface area contributed by atoms with Crippen LogP contribution in [-0.4, -0.2) is 16.5 Å². The molecule has 1 heterocycles. The van der Waals surface area contributed by atoms with Crippen molar-refractivity contribution < 1.29 is 0 Å². The number of benzene rings is 1. The average Bonchev–Trinajstić information content (AvgIpc) is 2.45. The van der Waals surface area contributed by atoms with Gasteiger partial charge in [-0.3, -0.25) is 0 Å². The number of nitrogens with zero attached hydrogens (tertiary/aromatic N) is 2. The normalized spacial score (nSPS) is 10.7. The van der Waals surface area contributed by atoms with Gasteiger partial charge < -0.3 is 5.32 Å². The van der Waals surface area contributed by atoms with E-state index in [1.54, 1.807) is 11.8 Å². The summed E-state index contributed by atoms with van der Waals surface area (Å²) in [6, 6.07) is 8.55. The van der Waals surface area contributed by atoms with Gasteiger partial charge in [0, 0.05) is 23.2 Å². The van der Waals surface area contributed by atoms with Gasteiger partial charge in [-0.1, -0.05) is 24.6 Å². The number of nitrogens with one attached hydrogen (secondary N) is 1. The van der Waals surface area contributed by atoms with Crippen LogP contribution in [0.2, 0.25) is 0 Å². The highest BCUT2D eigenvalue weighted by molar-refractivity contribution is 7.98. The highest BCUT2D eigenvalue weighted by Gasteiger charge is 2.05. The standard InChI is InChI=1S/C17H23N3S/c1-5-8-18-16-10-14(4)19-17(20-16)11-21-15-9-12(2)6-7-13(15)3/h6-7,9-10H,5,8,11H2,1-4H3,(H,18,19,20). The van der Waals surface area contributed by atoms with Gasteiger partial charge in [0.25, 0.3) is 0 Å². The molecule has 21 heavy (non-hydrogen) atoms. The number of thioether (sulfide) groups is 1. The van der Waals surface area contributed by atoms with Crippen LogP contribution in [0.1, 0.15) is 36.0 Å². The third-order valence-corrected chi connectivity index (χ3v) is 4.31. The smallest absolute Gasteiger partial charge is 0.141 e. The summed E-state index contributed by atoms with van der Waals surface area (Å²) >= 11 is 1.80. The van der Waals surface area contributed by atoms with Crippen LogP contribution in [0, 0.1) is 20.8 Å². The Hall–Kier alpha value is -1.55. The van der Waals surface area contributed by atoms with E-state index in [4.69, 9.17) is 0 Å². The average molecular weight is 301 g/mol. The minimum absolute atomic E-state index is 0.798. The molecule has 0 amide bonds. The predicted octanol–water partition coefficient (Wildman–Crippen LogP) is 4.52. The number of hydrogen-bond donors (Lipinski definition) is 1. The molecule has 0 unspecified atom stereocenters. The largest absolute Gasteiger partial charge is 0.370 e. The zero-order valence-electron chi connectivity index (χ0n) is 13.2. The predicted molar refractivity (Wildman–Crippen MR) is 91.0 cm³/mol. The minimum atomic E-state index is 0.798. The van der Waals surface area contributed by atoms with Crippen LogP contribution in [0.25, 0.3) is 0 Å². The molecule has 112 valence electrons. The zero-order chi connectivity index (χ0) is 15.2. The van der Waals surface area contributed by atoms with Crippen LogP contribution in [0.5, 0.6) is 0 Å². The van der Waals surface area contributed by atoms with E-state index in [-0.39, 0.29) is 0 Å². The third-order valence-electron chi connectivity index (χ3n) is 3.16. The summed E-state index contributed by atoms with van der Waals surface area (Å²) in [7, 11) is 0. The topological polar surface area (TPSA) is 37.8 Å². The van der Waals surface area contributed by atoms with Gasteiger partial charge in [-0.25, -0.2) is 9.97 Å². The Morgan fingerprint density at radius 2 is 1.90 bits per heavy atom. The molecule has 1 aromatic heterocycles. The Kier molecular flexibility index (Phi) is 5.62. The summed E-state index contributed by atoms with van der Waals surface area (Å²) < 4.78 is 0. The van der Waals surface area contributed by atoms with E-state index in [1.165, 1.54) is 16.0 Å². The Morgan fingerprint density at radius 1 is 1.10 bits per heavy atom. The number of anilines is 1. The Balaban J connectivity index is 2.08. The molecule has 4 heteroatoms. The fourth-order valence-corrected chi connectivity index (χ4v) is 3.02. The SMILES string of the molecule is CCCNc1cc(C)nc(CSc2cc(C)ccc2C)n1. The summed E-state index contributed by atoms with van der Waals surface area (Å²) in [4.78, 5) is 10.4. The van der Waals surface area contributed by atoms with Gasteiger partial charge in [0.05, 0.1) is 5.75 Å². The van der Waals surface area contributed by atoms with Gasteiger partial charge in [-0.2, -0.15) is 0 Å². The van der Waals surface area contributed by atoms with E-state index in [0.29, 0.717) is 0 Å². The maximum absolute atomic E-state index is 4.60. The van der Waals surface area contributed by atoms with Gasteiger partial charge >= 0.3 is 0 Å². The van der Waals surface area contributed by atoms with Crippen molar-refractivity contribution in [3.05, 3.63) is 46.9 Å². The van der Waals surface area contributed by atoms with Crippen molar-refractivity contribution in [2.24, 2.45) is 0 Å². The second-order valence-corrected chi connectivity index (χ2v) is 6.31. The van der Waals surface area contributed by atoms with E-state index in [2.05, 4.69) is 54.3 Å². The molecule has 2 rings (SSSR count). The number of rotatable bonds is 6. The first-order valence-electron chi connectivity index (χ1n) is 7.37. The van der Waals surface area contributed by atoms with Crippen molar-refractivity contribution in [2.75, 3.05) is 11.9 Å². The van der Waals surface area contributed by atoms with Crippen LogP contribution in [0.4, 0.5) is 5.82 Å². The molecule has 0 aliphatic rings. The molecule has 0 aliphatic carbocycles. The first-order valence-corrected chi connectivity index (χ1v) is 8.35. The molecule has 0 fully saturated rings. The highest BCUT2D eigenvalue weighted by atomic mass is 32.2. The molecular formula is C17H23N3S. The van der Waals surface area contributed by atoms with Gasteiger partial charge in [-0.05, 0) is 38.8 Å². The van der Waals surface area contributed by atoms with Crippen LogP contribution in [0.3, 0.4) is 0 Å². The minimum Gasteiger partial charge on any atom is -0.370 e. The van der Waals surface area contributed by atoms with Crippen LogP contribution in [-0.2, 0) is 5.75 Å². The van der Waals surface area contributed by atoms with Crippen LogP contribution >= 0.6 is 11.8 Å². The second-order valence-electron chi connectivity index (χ2n) is 5.30. The van der Waals surface area contributed by atoms with Crippen molar-refractivity contribution in [1.29, 1.82) is 0 Å². The van der Waals surface area contributed by atoms with E-state index >= 15 is 0 Å². The van der Waals surface area contributed by atoms with Gasteiger partial charge in [0.15, 0.2) is 0 Å². The Labute approximate surface area is 131 Å². The molecule has 1 aromatic carbocycles. The summed E-state index contributed by atoms with van der Waals surface area (Å²) in [6.45, 7) is 9.38. The Morgan fingerprint density at radius 3 is 2.67 bits per heavy atom. The monoisotopic (exact) mass is 301 g/mol. The number of aromatic nitrogens is 2. The molecule has 0 spiro atoms. The second kappa shape index (κ2) is 7.46. The maximum atomic E-state index is 4.60. The molecule has 0 atom stereocenters. The first kappa shape index (κ1) is 15.8. The quantitative estimate of drug-likeness (QED) is 0.796. The van der Waals surface area contributed by atoms with Gasteiger partial charge in [0.2, 0.25) is 0 Å². The van der Waals surface area contributed by atoms with E-state index in [0.717, 1.165) is 36.1 Å². The van der Waals surface area contributed by atoms with Crippen molar-refractivity contribution in [3.8, 4) is 0 Å². The molecule has 0 radical (unpaired) electrons. The number of hydrogen-bond acceptors (Lipinski definition) is 4. The molecule has 2 aromatic rings. The van der Waals surface area contributed by atoms with Crippen molar-refractivity contribution >= 4 is 17.6 Å². The molecule has 3 nitrogen and oxygen atoms in total. The summed E-state index contributed by atoms with van der Waals surface area (Å²) in [5, 5.41) is 3.33. The van der Waals surface area contributed by atoms with Crippen molar-refractivity contribution in [1.82, 2.24) is 9.97 Å². The zero-order valence-corrected chi connectivity index (χ0v) is 14.0. The van der Waals surface area contributed by atoms with Gasteiger partial charge in [0.1, 0.15) is 11.6 Å². The fraction of sp³-hybridized carbons (Fsp3) is 0.412. The summed E-state index contributed by atoms with van der Waals surface area (Å²) in [5.41, 5.74) is 3.61. The molecule has 0 aliphatic heterocycles. The lowest BCUT2D eigenvalue weighted by atomic mass is 10.2. The lowest BCUT2D eigenvalue weighted by Gasteiger charge is -2.09. The van der Waals surface area contributed by atoms with E-state index < -0.39 is 0 Å². The summed E-state index contributed by atoms with van der Waals surface area (Å²) in [6.07, 6.45) is 1.09. The van der Waals surface area contributed by atoms with Crippen LogP contribution < -0.4 is 5.32 Å². The maximum Gasteiger partial charge on any atom is 0.141 e. The Bertz CT molecular complexity index is 611. The lowest BCUT2D eigenvalue weighted by molar-refractivity contribution is 0.940. The first-order chi connectivity index (χ1) is 10.1. The van der Waals surface area contributed by atoms with E-state index in [1.807, 2.05) is 13.0 Å². The highest BCUT2D eigenvalue weighted by Crippen LogP contribution is 2.26. The molecular weight excluding hydrogens is 278 g/mol.